The molecule has 1 aromatic carbocycles. The van der Waals surface area contributed by atoms with Crippen molar-refractivity contribution in [2.45, 2.75) is 18.4 Å². The molecule has 2 aromatic rings. The summed E-state index contributed by atoms with van der Waals surface area (Å²) >= 11 is 13.1. The van der Waals surface area contributed by atoms with Gasteiger partial charge in [0.25, 0.3) is 5.56 Å². The first-order chi connectivity index (χ1) is 12.9. The summed E-state index contributed by atoms with van der Waals surface area (Å²) in [7, 11) is 0. The minimum Gasteiger partial charge on any atom is -0.490 e. The van der Waals surface area contributed by atoms with Crippen molar-refractivity contribution in [3.63, 3.8) is 0 Å². The molecule has 0 fully saturated rings. The van der Waals surface area contributed by atoms with Crippen LogP contribution in [-0.4, -0.2) is 39.7 Å². The third kappa shape index (κ3) is 6.42. The van der Waals surface area contributed by atoms with Gasteiger partial charge in [0.2, 0.25) is 5.91 Å². The topological polar surface area (TPSA) is 129 Å². The Kier molecular flexibility index (Phi) is 7.89. The first kappa shape index (κ1) is 21.0. The lowest BCUT2D eigenvalue weighted by Gasteiger charge is -2.09. The fourth-order valence-corrected chi connectivity index (χ4v) is 3.01. The zero-order valence-electron chi connectivity index (χ0n) is 14.0. The molecule has 1 heterocycles. The first-order valence-electron chi connectivity index (χ1n) is 7.66. The number of aromatic amines is 2. The van der Waals surface area contributed by atoms with E-state index in [0.29, 0.717) is 28.0 Å². The maximum atomic E-state index is 11.8. The fraction of sp³-hybridized carbons (Fsp3) is 0.267. The highest BCUT2D eigenvalue weighted by atomic mass is 35.5. The van der Waals surface area contributed by atoms with E-state index in [1.165, 1.54) is 6.21 Å². The van der Waals surface area contributed by atoms with Gasteiger partial charge in [-0.25, -0.2) is 15.3 Å². The Labute approximate surface area is 167 Å². The summed E-state index contributed by atoms with van der Waals surface area (Å²) in [6.07, 6.45) is 2.19. The first-order valence-corrected chi connectivity index (χ1v) is 9.40. The van der Waals surface area contributed by atoms with Crippen molar-refractivity contribution < 1.29 is 9.53 Å². The van der Waals surface area contributed by atoms with E-state index in [9.17, 15) is 14.4 Å². The number of H-pyrrole nitrogens is 2. The molecule has 2 rings (SSSR count). The monoisotopic (exact) mass is 431 g/mol. The molecule has 0 aliphatic heterocycles. The van der Waals surface area contributed by atoms with Crippen LogP contribution in [0.1, 0.15) is 18.9 Å². The zero-order chi connectivity index (χ0) is 19.8. The van der Waals surface area contributed by atoms with Crippen LogP contribution in [0.25, 0.3) is 0 Å². The lowest BCUT2D eigenvalue weighted by atomic mass is 10.2. The summed E-state index contributed by atoms with van der Waals surface area (Å²) < 4.78 is 5.47. The molecule has 0 spiro atoms. The standard InChI is InChI=1S/C15H15Cl2N5O4S/c1-2-3-26-12-9(16)4-8(5-10(12)17)6-18-20-11(23)7-27-14-13(24)19-15(25)22-21-14/h4-6H,2-3,7H2,1H3,(H,20,23)(H2,19,22,24,25)/b18-6+. The molecule has 1 aromatic heterocycles. The molecule has 12 heteroatoms. The van der Waals surface area contributed by atoms with E-state index >= 15 is 0 Å². The number of thioether (sulfide) groups is 1. The van der Waals surface area contributed by atoms with E-state index in [1.807, 2.05) is 11.9 Å². The summed E-state index contributed by atoms with van der Waals surface area (Å²) in [6, 6.07) is 3.21. The van der Waals surface area contributed by atoms with Crippen molar-refractivity contribution in [1.82, 2.24) is 20.6 Å². The van der Waals surface area contributed by atoms with Crippen molar-refractivity contribution >= 4 is 47.1 Å². The van der Waals surface area contributed by atoms with Gasteiger partial charge in [-0.05, 0) is 24.1 Å². The Morgan fingerprint density at radius 1 is 1.37 bits per heavy atom. The normalized spacial score (nSPS) is 10.9. The number of hydrogen-bond donors (Lipinski definition) is 3. The largest absolute Gasteiger partial charge is 0.490 e. The summed E-state index contributed by atoms with van der Waals surface area (Å²) in [5.41, 5.74) is 1.48. The number of amides is 1. The second-order valence-corrected chi connectivity index (χ2v) is 6.83. The molecule has 0 bridgehead atoms. The predicted octanol–water partition coefficient (Wildman–Crippen LogP) is 1.80. The molecule has 0 aliphatic rings. The number of benzene rings is 1. The van der Waals surface area contributed by atoms with Crippen LogP contribution >= 0.6 is 35.0 Å². The van der Waals surface area contributed by atoms with Crippen molar-refractivity contribution in [3.05, 3.63) is 48.6 Å². The molecule has 0 saturated carbocycles. The molecule has 1 amide bonds. The molecule has 27 heavy (non-hydrogen) atoms. The molecule has 0 aliphatic carbocycles. The van der Waals surface area contributed by atoms with E-state index in [1.54, 1.807) is 12.1 Å². The Bertz CT molecular complexity index is 937. The minimum atomic E-state index is -0.721. The van der Waals surface area contributed by atoms with Gasteiger partial charge in [0.05, 0.1) is 28.6 Å². The average molecular weight is 432 g/mol. The highest BCUT2D eigenvalue weighted by Gasteiger charge is 2.09. The van der Waals surface area contributed by atoms with Crippen LogP contribution < -0.4 is 21.4 Å². The van der Waals surface area contributed by atoms with Crippen LogP contribution in [0, 0.1) is 0 Å². The third-order valence-corrected chi connectivity index (χ3v) is 4.41. The van der Waals surface area contributed by atoms with Crippen LogP contribution in [0.15, 0.2) is 31.8 Å². The molecule has 0 radical (unpaired) electrons. The second kappa shape index (κ2) is 10.1. The van der Waals surface area contributed by atoms with Crippen molar-refractivity contribution in [3.8, 4) is 5.75 Å². The number of carbonyl (C=O) groups is 1. The number of ether oxygens (including phenoxy) is 1. The highest BCUT2D eigenvalue weighted by Crippen LogP contribution is 2.33. The maximum Gasteiger partial charge on any atom is 0.342 e. The SMILES string of the molecule is CCCOc1c(Cl)cc(/C=N/NC(=O)CSc2n[nH]c(=O)[nH]c2=O)cc1Cl. The number of hydrogen-bond acceptors (Lipinski definition) is 7. The van der Waals surface area contributed by atoms with Gasteiger partial charge in [-0.2, -0.15) is 10.2 Å². The number of halogens is 2. The van der Waals surface area contributed by atoms with E-state index in [-0.39, 0.29) is 10.8 Å². The molecule has 144 valence electrons. The predicted molar refractivity (Wildman–Crippen MR) is 104 cm³/mol. The van der Waals surface area contributed by atoms with Gasteiger partial charge >= 0.3 is 5.69 Å². The molecule has 9 nitrogen and oxygen atoms in total. The Morgan fingerprint density at radius 2 is 2.07 bits per heavy atom. The second-order valence-electron chi connectivity index (χ2n) is 5.06. The molecule has 0 saturated heterocycles. The lowest BCUT2D eigenvalue weighted by Crippen LogP contribution is -2.26. The van der Waals surface area contributed by atoms with Gasteiger partial charge in [-0.3, -0.25) is 14.6 Å². The molecular formula is C15H15Cl2N5O4S. The quantitative estimate of drug-likeness (QED) is 0.331. The van der Waals surface area contributed by atoms with Gasteiger partial charge < -0.3 is 4.74 Å². The maximum absolute atomic E-state index is 11.8. The smallest absolute Gasteiger partial charge is 0.342 e. The van der Waals surface area contributed by atoms with E-state index in [2.05, 4.69) is 20.7 Å². The third-order valence-electron chi connectivity index (χ3n) is 2.89. The Morgan fingerprint density at radius 3 is 2.70 bits per heavy atom. The lowest BCUT2D eigenvalue weighted by molar-refractivity contribution is -0.118. The fourth-order valence-electron chi connectivity index (χ4n) is 1.78. The van der Waals surface area contributed by atoms with Crippen molar-refractivity contribution in [2.24, 2.45) is 5.10 Å². The van der Waals surface area contributed by atoms with E-state index in [4.69, 9.17) is 27.9 Å². The number of rotatable bonds is 8. The van der Waals surface area contributed by atoms with Gasteiger partial charge in [-0.15, -0.1) is 0 Å². The van der Waals surface area contributed by atoms with Gasteiger partial charge in [-0.1, -0.05) is 41.9 Å². The number of carbonyl (C=O) groups excluding carboxylic acids is 1. The summed E-state index contributed by atoms with van der Waals surface area (Å²) in [4.78, 5) is 36.1. The number of nitrogens with zero attached hydrogens (tertiary/aromatic N) is 2. The number of nitrogens with one attached hydrogen (secondary N) is 3. The van der Waals surface area contributed by atoms with Crippen LogP contribution in [0.5, 0.6) is 5.75 Å². The molecular weight excluding hydrogens is 417 g/mol. The summed E-state index contributed by atoms with van der Waals surface area (Å²) in [5.74, 6) is -0.190. The molecule has 0 atom stereocenters. The van der Waals surface area contributed by atoms with Crippen molar-refractivity contribution in [2.75, 3.05) is 12.4 Å². The van der Waals surface area contributed by atoms with Crippen LogP contribution in [-0.2, 0) is 4.79 Å². The van der Waals surface area contributed by atoms with Crippen LogP contribution in [0.2, 0.25) is 10.0 Å². The van der Waals surface area contributed by atoms with Crippen LogP contribution in [0.4, 0.5) is 0 Å². The summed E-state index contributed by atoms with van der Waals surface area (Å²) in [6.45, 7) is 2.46. The zero-order valence-corrected chi connectivity index (χ0v) is 16.4. The molecule has 3 N–H and O–H groups in total. The van der Waals surface area contributed by atoms with Gasteiger partial charge in [0.15, 0.2) is 10.8 Å². The van der Waals surface area contributed by atoms with Gasteiger partial charge in [0, 0.05) is 0 Å². The van der Waals surface area contributed by atoms with E-state index < -0.39 is 17.2 Å². The number of aromatic nitrogens is 3. The summed E-state index contributed by atoms with van der Waals surface area (Å²) in [5, 5.41) is 10.1. The average Bonchev–Trinajstić information content (AvgIpc) is 2.60. The van der Waals surface area contributed by atoms with Gasteiger partial charge in [0.1, 0.15) is 0 Å². The number of hydrazone groups is 1. The van der Waals surface area contributed by atoms with Crippen molar-refractivity contribution in [1.29, 1.82) is 0 Å². The van der Waals surface area contributed by atoms with Crippen LogP contribution in [0.3, 0.4) is 0 Å². The molecule has 0 unspecified atom stereocenters. The van der Waals surface area contributed by atoms with E-state index in [0.717, 1.165) is 18.2 Å². The Balaban J connectivity index is 1.91. The minimum absolute atomic E-state index is 0.0324. The Hall–Kier alpha value is -2.30. The highest BCUT2D eigenvalue weighted by molar-refractivity contribution is 7.99.